The SMILES string of the molecule is Cc1cc(B(O)O)ccc1OCC1CN(C(C)C)CCO1. The quantitative estimate of drug-likeness (QED) is 0.758. The Kier molecular flexibility index (Phi) is 5.64. The van der Waals surface area contributed by atoms with Gasteiger partial charge in [0, 0.05) is 19.1 Å². The molecule has 2 rings (SSSR count). The van der Waals surface area contributed by atoms with E-state index in [0.717, 1.165) is 31.0 Å². The van der Waals surface area contributed by atoms with E-state index in [-0.39, 0.29) is 6.10 Å². The van der Waals surface area contributed by atoms with Gasteiger partial charge in [-0.1, -0.05) is 12.1 Å². The Hall–Kier alpha value is -1.08. The first-order valence-corrected chi connectivity index (χ1v) is 7.42. The molecule has 1 fully saturated rings. The molecule has 0 spiro atoms. The van der Waals surface area contributed by atoms with Gasteiger partial charge in [0.15, 0.2) is 0 Å². The van der Waals surface area contributed by atoms with E-state index in [2.05, 4.69) is 18.7 Å². The zero-order valence-electron chi connectivity index (χ0n) is 13.0. The number of hydrogen-bond acceptors (Lipinski definition) is 5. The summed E-state index contributed by atoms with van der Waals surface area (Å²) in [4.78, 5) is 2.38. The zero-order chi connectivity index (χ0) is 15.4. The second kappa shape index (κ2) is 7.27. The third-order valence-corrected chi connectivity index (χ3v) is 3.82. The smallest absolute Gasteiger partial charge is 0.488 e. The highest BCUT2D eigenvalue weighted by atomic mass is 16.5. The van der Waals surface area contributed by atoms with E-state index in [1.807, 2.05) is 6.92 Å². The summed E-state index contributed by atoms with van der Waals surface area (Å²) in [7, 11) is -1.45. The van der Waals surface area contributed by atoms with Crippen molar-refractivity contribution in [1.29, 1.82) is 0 Å². The van der Waals surface area contributed by atoms with Gasteiger partial charge in [-0.15, -0.1) is 0 Å². The molecule has 5 nitrogen and oxygen atoms in total. The van der Waals surface area contributed by atoms with Gasteiger partial charge in [-0.25, -0.2) is 0 Å². The van der Waals surface area contributed by atoms with Crippen molar-refractivity contribution < 1.29 is 19.5 Å². The van der Waals surface area contributed by atoms with Gasteiger partial charge in [0.2, 0.25) is 0 Å². The lowest BCUT2D eigenvalue weighted by Crippen LogP contribution is -2.47. The lowest BCUT2D eigenvalue weighted by atomic mass is 9.79. The summed E-state index contributed by atoms with van der Waals surface area (Å²) in [5.74, 6) is 0.754. The van der Waals surface area contributed by atoms with E-state index in [1.54, 1.807) is 18.2 Å². The molecule has 1 atom stereocenters. The predicted molar refractivity (Wildman–Crippen MR) is 82.9 cm³/mol. The van der Waals surface area contributed by atoms with Crippen LogP contribution in [0, 0.1) is 6.92 Å². The number of aryl methyl sites for hydroxylation is 1. The number of benzene rings is 1. The molecule has 1 aromatic rings. The molecule has 116 valence electrons. The first-order chi connectivity index (χ1) is 9.97. The van der Waals surface area contributed by atoms with Crippen LogP contribution in [0.15, 0.2) is 18.2 Å². The van der Waals surface area contributed by atoms with Crippen LogP contribution in [0.2, 0.25) is 0 Å². The fraction of sp³-hybridized carbons (Fsp3) is 0.600. The first-order valence-electron chi connectivity index (χ1n) is 7.42. The summed E-state index contributed by atoms with van der Waals surface area (Å²) in [5, 5.41) is 18.3. The van der Waals surface area contributed by atoms with Crippen LogP contribution in [0.4, 0.5) is 0 Å². The Morgan fingerprint density at radius 3 is 2.81 bits per heavy atom. The van der Waals surface area contributed by atoms with Crippen molar-refractivity contribution in [1.82, 2.24) is 4.90 Å². The van der Waals surface area contributed by atoms with Gasteiger partial charge in [-0.2, -0.15) is 0 Å². The molecule has 0 radical (unpaired) electrons. The number of hydrogen-bond donors (Lipinski definition) is 2. The molecule has 6 heteroatoms. The molecular weight excluding hydrogens is 269 g/mol. The normalized spacial score (nSPS) is 19.8. The fourth-order valence-electron chi connectivity index (χ4n) is 2.49. The standard InChI is InChI=1S/C15H24BNO4/c1-11(2)17-6-7-20-14(9-17)10-21-15-5-4-13(16(18)19)8-12(15)3/h4-5,8,11,14,18-19H,6-7,9-10H2,1-3H3. The molecule has 1 heterocycles. The maximum Gasteiger partial charge on any atom is 0.488 e. The monoisotopic (exact) mass is 293 g/mol. The Labute approximate surface area is 126 Å². The number of nitrogens with zero attached hydrogens (tertiary/aromatic N) is 1. The van der Waals surface area contributed by atoms with Crippen molar-refractivity contribution in [2.45, 2.75) is 32.9 Å². The largest absolute Gasteiger partial charge is 0.491 e. The van der Waals surface area contributed by atoms with Crippen molar-refractivity contribution in [2.75, 3.05) is 26.3 Å². The van der Waals surface area contributed by atoms with Gasteiger partial charge >= 0.3 is 7.12 Å². The van der Waals surface area contributed by atoms with Crippen LogP contribution in [0.5, 0.6) is 5.75 Å². The maximum absolute atomic E-state index is 9.14. The fourth-order valence-corrected chi connectivity index (χ4v) is 2.49. The van der Waals surface area contributed by atoms with Crippen LogP contribution in [0.1, 0.15) is 19.4 Å². The summed E-state index contributed by atoms with van der Waals surface area (Å²) in [6.07, 6.45) is 0.0728. The minimum absolute atomic E-state index is 0.0728. The predicted octanol–water partition coefficient (Wildman–Crippen LogP) is 0.163. The lowest BCUT2D eigenvalue weighted by molar-refractivity contribution is -0.0565. The molecule has 0 amide bonds. The Bertz CT molecular complexity index is 467. The molecule has 0 aliphatic carbocycles. The van der Waals surface area contributed by atoms with Gasteiger partial charge in [0.05, 0.1) is 6.61 Å². The van der Waals surface area contributed by atoms with Crippen LogP contribution in [0.25, 0.3) is 0 Å². The van der Waals surface area contributed by atoms with Crippen molar-refractivity contribution in [3.05, 3.63) is 23.8 Å². The van der Waals surface area contributed by atoms with Gasteiger partial charge in [-0.05, 0) is 37.9 Å². The van der Waals surface area contributed by atoms with Crippen LogP contribution in [-0.4, -0.2) is 60.5 Å². The highest BCUT2D eigenvalue weighted by Gasteiger charge is 2.23. The molecule has 1 saturated heterocycles. The van der Waals surface area contributed by atoms with Crippen LogP contribution >= 0.6 is 0 Å². The number of morpholine rings is 1. The minimum atomic E-state index is -1.45. The third-order valence-electron chi connectivity index (χ3n) is 3.82. The molecule has 0 bridgehead atoms. The van der Waals surface area contributed by atoms with E-state index in [0.29, 0.717) is 18.1 Å². The Morgan fingerprint density at radius 1 is 1.43 bits per heavy atom. The molecule has 0 saturated carbocycles. The van der Waals surface area contributed by atoms with Gasteiger partial charge in [-0.3, -0.25) is 4.90 Å². The second-order valence-electron chi connectivity index (χ2n) is 5.79. The molecular formula is C15H24BNO4. The van der Waals surface area contributed by atoms with Gasteiger partial charge in [0.25, 0.3) is 0 Å². The summed E-state index contributed by atoms with van der Waals surface area (Å²) >= 11 is 0. The van der Waals surface area contributed by atoms with Gasteiger partial charge in [0.1, 0.15) is 18.5 Å². The minimum Gasteiger partial charge on any atom is -0.491 e. The Balaban J connectivity index is 1.91. The van der Waals surface area contributed by atoms with Crippen LogP contribution in [-0.2, 0) is 4.74 Å². The number of ether oxygens (including phenoxy) is 2. The second-order valence-corrected chi connectivity index (χ2v) is 5.79. The number of rotatable bonds is 5. The van der Waals surface area contributed by atoms with Gasteiger partial charge < -0.3 is 19.5 Å². The molecule has 21 heavy (non-hydrogen) atoms. The molecule has 1 aliphatic heterocycles. The van der Waals surface area contributed by atoms with Crippen molar-refractivity contribution >= 4 is 12.6 Å². The van der Waals surface area contributed by atoms with E-state index in [4.69, 9.17) is 19.5 Å². The molecule has 0 aromatic heterocycles. The average Bonchev–Trinajstić information content (AvgIpc) is 2.46. The summed E-state index contributed by atoms with van der Waals surface area (Å²) < 4.78 is 11.6. The summed E-state index contributed by atoms with van der Waals surface area (Å²) in [6.45, 7) is 9.36. The maximum atomic E-state index is 9.14. The zero-order valence-corrected chi connectivity index (χ0v) is 13.0. The highest BCUT2D eigenvalue weighted by molar-refractivity contribution is 6.58. The van der Waals surface area contributed by atoms with E-state index in [9.17, 15) is 0 Å². The topological polar surface area (TPSA) is 62.2 Å². The van der Waals surface area contributed by atoms with E-state index in [1.165, 1.54) is 0 Å². The Morgan fingerprint density at radius 2 is 2.19 bits per heavy atom. The third kappa shape index (κ3) is 4.44. The van der Waals surface area contributed by atoms with Crippen molar-refractivity contribution in [2.24, 2.45) is 0 Å². The molecule has 1 aliphatic rings. The summed E-state index contributed by atoms with van der Waals surface area (Å²) in [6, 6.07) is 5.67. The van der Waals surface area contributed by atoms with Crippen molar-refractivity contribution in [3.63, 3.8) is 0 Å². The lowest BCUT2D eigenvalue weighted by Gasteiger charge is -2.35. The molecule has 1 aromatic carbocycles. The molecule has 2 N–H and O–H groups in total. The summed E-state index contributed by atoms with van der Waals surface area (Å²) in [5.41, 5.74) is 1.36. The molecule has 1 unspecified atom stereocenters. The first kappa shape index (κ1) is 16.3. The van der Waals surface area contributed by atoms with Crippen LogP contribution in [0.3, 0.4) is 0 Å². The van der Waals surface area contributed by atoms with Crippen LogP contribution < -0.4 is 10.2 Å². The van der Waals surface area contributed by atoms with Crippen molar-refractivity contribution in [3.8, 4) is 5.75 Å². The van der Waals surface area contributed by atoms with E-state index >= 15 is 0 Å². The van der Waals surface area contributed by atoms with E-state index < -0.39 is 7.12 Å². The average molecular weight is 293 g/mol. The highest BCUT2D eigenvalue weighted by Crippen LogP contribution is 2.17.